The molecule has 1 rings (SSSR count). The Bertz CT molecular complexity index is 185. The van der Waals surface area contributed by atoms with Gasteiger partial charge in [0.05, 0.1) is 6.04 Å². The van der Waals surface area contributed by atoms with Crippen LogP contribution in [0.15, 0.2) is 12.7 Å². The van der Waals surface area contributed by atoms with E-state index in [1.54, 1.807) is 6.08 Å². The van der Waals surface area contributed by atoms with E-state index in [0.717, 1.165) is 19.4 Å². The fourth-order valence-electron chi connectivity index (χ4n) is 1.46. The molecule has 0 aromatic carbocycles. The molecule has 2 N–H and O–H groups in total. The topological polar surface area (TPSA) is 41.1 Å². The quantitative estimate of drug-likeness (QED) is 0.634. The zero-order chi connectivity index (χ0) is 9.68. The molecule has 0 aromatic rings. The standard InChI is InChI=1S/C10H18N2O/c1-3-8(2)12-10(13)9-6-4-5-7-11-9/h3,8-9,11H,1,4-7H2,2H3,(H,12,13)/t8?,9-/m0/s1. The molecule has 13 heavy (non-hydrogen) atoms. The summed E-state index contributed by atoms with van der Waals surface area (Å²) in [5.74, 6) is 0.104. The second-order valence-corrected chi connectivity index (χ2v) is 3.54. The maximum Gasteiger partial charge on any atom is 0.237 e. The van der Waals surface area contributed by atoms with E-state index in [9.17, 15) is 4.79 Å². The smallest absolute Gasteiger partial charge is 0.237 e. The van der Waals surface area contributed by atoms with Crippen molar-refractivity contribution in [1.82, 2.24) is 10.6 Å². The Morgan fingerprint density at radius 3 is 3.00 bits per heavy atom. The van der Waals surface area contributed by atoms with Gasteiger partial charge < -0.3 is 10.6 Å². The zero-order valence-electron chi connectivity index (χ0n) is 8.18. The minimum Gasteiger partial charge on any atom is -0.349 e. The first-order valence-corrected chi connectivity index (χ1v) is 4.90. The van der Waals surface area contributed by atoms with Crippen molar-refractivity contribution < 1.29 is 4.79 Å². The van der Waals surface area contributed by atoms with Crippen LogP contribution in [0.5, 0.6) is 0 Å². The summed E-state index contributed by atoms with van der Waals surface area (Å²) in [6.07, 6.45) is 5.02. The van der Waals surface area contributed by atoms with Crippen LogP contribution in [0.25, 0.3) is 0 Å². The van der Waals surface area contributed by atoms with Crippen LogP contribution in [-0.4, -0.2) is 24.5 Å². The van der Waals surface area contributed by atoms with Gasteiger partial charge in [0.1, 0.15) is 0 Å². The molecule has 0 bridgehead atoms. The monoisotopic (exact) mass is 182 g/mol. The predicted molar refractivity (Wildman–Crippen MR) is 53.4 cm³/mol. The van der Waals surface area contributed by atoms with Gasteiger partial charge in [-0.2, -0.15) is 0 Å². The van der Waals surface area contributed by atoms with Crippen molar-refractivity contribution in [2.45, 2.75) is 38.3 Å². The third kappa shape index (κ3) is 3.19. The van der Waals surface area contributed by atoms with Crippen molar-refractivity contribution in [1.29, 1.82) is 0 Å². The minimum absolute atomic E-state index is 0.0103. The average molecular weight is 182 g/mol. The van der Waals surface area contributed by atoms with Crippen LogP contribution in [0, 0.1) is 0 Å². The largest absolute Gasteiger partial charge is 0.349 e. The Kier molecular flexibility index (Phi) is 3.96. The van der Waals surface area contributed by atoms with E-state index in [2.05, 4.69) is 17.2 Å². The van der Waals surface area contributed by atoms with Crippen LogP contribution in [0.4, 0.5) is 0 Å². The van der Waals surface area contributed by atoms with Gasteiger partial charge >= 0.3 is 0 Å². The number of rotatable bonds is 3. The fraction of sp³-hybridized carbons (Fsp3) is 0.700. The molecular weight excluding hydrogens is 164 g/mol. The highest BCUT2D eigenvalue weighted by molar-refractivity contribution is 5.82. The molecule has 1 unspecified atom stereocenters. The third-order valence-electron chi connectivity index (χ3n) is 2.35. The Hall–Kier alpha value is -0.830. The molecule has 0 saturated carbocycles. The molecular formula is C10H18N2O. The summed E-state index contributed by atoms with van der Waals surface area (Å²) >= 11 is 0. The average Bonchev–Trinajstić information content (AvgIpc) is 2.19. The molecule has 0 aromatic heterocycles. The molecule has 3 heteroatoms. The van der Waals surface area contributed by atoms with Crippen LogP contribution in [0.1, 0.15) is 26.2 Å². The lowest BCUT2D eigenvalue weighted by Gasteiger charge is -2.23. The van der Waals surface area contributed by atoms with E-state index in [1.807, 2.05) is 6.92 Å². The number of piperidine rings is 1. The summed E-state index contributed by atoms with van der Waals surface area (Å²) in [6, 6.07) is 0.0763. The lowest BCUT2D eigenvalue weighted by molar-refractivity contribution is -0.124. The molecule has 1 heterocycles. The molecule has 1 aliphatic rings. The highest BCUT2D eigenvalue weighted by Crippen LogP contribution is 2.06. The summed E-state index contributed by atoms with van der Waals surface area (Å²) in [6.45, 7) is 6.51. The van der Waals surface area contributed by atoms with Crippen LogP contribution in [-0.2, 0) is 4.79 Å². The van der Waals surface area contributed by atoms with Crippen molar-refractivity contribution in [3.8, 4) is 0 Å². The van der Waals surface area contributed by atoms with E-state index < -0.39 is 0 Å². The highest BCUT2D eigenvalue weighted by atomic mass is 16.2. The Labute approximate surface area is 79.6 Å². The first-order chi connectivity index (χ1) is 6.24. The fourth-order valence-corrected chi connectivity index (χ4v) is 1.46. The lowest BCUT2D eigenvalue weighted by atomic mass is 10.0. The summed E-state index contributed by atoms with van der Waals surface area (Å²) in [5.41, 5.74) is 0. The maximum absolute atomic E-state index is 11.5. The summed E-state index contributed by atoms with van der Waals surface area (Å²) < 4.78 is 0. The van der Waals surface area contributed by atoms with Gasteiger partial charge in [-0.15, -0.1) is 6.58 Å². The number of carbonyl (C=O) groups excluding carboxylic acids is 1. The maximum atomic E-state index is 11.5. The first kappa shape index (κ1) is 10.3. The first-order valence-electron chi connectivity index (χ1n) is 4.90. The van der Waals surface area contributed by atoms with Crippen LogP contribution >= 0.6 is 0 Å². The van der Waals surface area contributed by atoms with E-state index in [4.69, 9.17) is 0 Å². The molecule has 0 spiro atoms. The minimum atomic E-state index is 0.0103. The molecule has 1 aliphatic heterocycles. The molecule has 0 aliphatic carbocycles. The van der Waals surface area contributed by atoms with Gasteiger partial charge in [0.15, 0.2) is 0 Å². The number of nitrogens with one attached hydrogen (secondary N) is 2. The molecule has 3 nitrogen and oxygen atoms in total. The molecule has 0 radical (unpaired) electrons. The van der Waals surface area contributed by atoms with E-state index >= 15 is 0 Å². The lowest BCUT2D eigenvalue weighted by Crippen LogP contribution is -2.48. The summed E-state index contributed by atoms with van der Waals surface area (Å²) in [4.78, 5) is 11.5. The Morgan fingerprint density at radius 1 is 1.69 bits per heavy atom. The van der Waals surface area contributed by atoms with Gasteiger partial charge in [-0.1, -0.05) is 12.5 Å². The van der Waals surface area contributed by atoms with Gasteiger partial charge in [-0.05, 0) is 26.3 Å². The highest BCUT2D eigenvalue weighted by Gasteiger charge is 2.20. The van der Waals surface area contributed by atoms with Crippen LogP contribution in [0.3, 0.4) is 0 Å². The van der Waals surface area contributed by atoms with E-state index in [0.29, 0.717) is 0 Å². The third-order valence-corrected chi connectivity index (χ3v) is 2.35. The second-order valence-electron chi connectivity index (χ2n) is 3.54. The Balaban J connectivity index is 2.32. The number of amides is 1. The number of carbonyl (C=O) groups is 1. The Morgan fingerprint density at radius 2 is 2.46 bits per heavy atom. The summed E-state index contributed by atoms with van der Waals surface area (Å²) in [7, 11) is 0. The van der Waals surface area contributed by atoms with Gasteiger partial charge in [0, 0.05) is 6.04 Å². The zero-order valence-corrected chi connectivity index (χ0v) is 8.18. The SMILES string of the molecule is C=CC(C)NC(=O)[C@@H]1CCCCN1. The van der Waals surface area contributed by atoms with Crippen molar-refractivity contribution in [2.24, 2.45) is 0 Å². The van der Waals surface area contributed by atoms with Crippen molar-refractivity contribution >= 4 is 5.91 Å². The van der Waals surface area contributed by atoms with Crippen molar-refractivity contribution in [3.63, 3.8) is 0 Å². The van der Waals surface area contributed by atoms with Gasteiger partial charge in [0.25, 0.3) is 0 Å². The van der Waals surface area contributed by atoms with Crippen LogP contribution in [0.2, 0.25) is 0 Å². The summed E-state index contributed by atoms with van der Waals surface area (Å²) in [5, 5.41) is 6.08. The van der Waals surface area contributed by atoms with Crippen LogP contribution < -0.4 is 10.6 Å². The van der Waals surface area contributed by atoms with Gasteiger partial charge in [0.2, 0.25) is 5.91 Å². The second kappa shape index (κ2) is 5.02. The molecule has 1 amide bonds. The molecule has 1 saturated heterocycles. The number of hydrogen-bond acceptors (Lipinski definition) is 2. The number of hydrogen-bond donors (Lipinski definition) is 2. The van der Waals surface area contributed by atoms with Crippen molar-refractivity contribution in [3.05, 3.63) is 12.7 Å². The predicted octanol–water partition coefficient (Wildman–Crippen LogP) is 0.819. The van der Waals surface area contributed by atoms with E-state index in [-0.39, 0.29) is 18.0 Å². The molecule has 74 valence electrons. The molecule has 2 atom stereocenters. The van der Waals surface area contributed by atoms with E-state index in [1.165, 1.54) is 6.42 Å². The van der Waals surface area contributed by atoms with Gasteiger partial charge in [-0.25, -0.2) is 0 Å². The van der Waals surface area contributed by atoms with Crippen molar-refractivity contribution in [2.75, 3.05) is 6.54 Å². The normalized spacial score (nSPS) is 24.8. The van der Waals surface area contributed by atoms with Gasteiger partial charge in [-0.3, -0.25) is 4.79 Å². The molecule has 1 fully saturated rings.